The molecule has 1 N–H and O–H groups in total. The maximum atomic E-state index is 12.2. The fourth-order valence-corrected chi connectivity index (χ4v) is 2.70. The third-order valence-corrected chi connectivity index (χ3v) is 4.38. The number of hydrogen-bond donors (Lipinski definition) is 1. The van der Waals surface area contributed by atoms with Gasteiger partial charge in [-0.1, -0.05) is 12.1 Å². The first-order valence-corrected chi connectivity index (χ1v) is 7.76. The summed E-state index contributed by atoms with van der Waals surface area (Å²) in [5, 5.41) is 3.28. The second kappa shape index (κ2) is 9.01. The van der Waals surface area contributed by atoms with Crippen LogP contribution in [0, 0.1) is 13.8 Å². The summed E-state index contributed by atoms with van der Waals surface area (Å²) in [6.07, 6.45) is 2.54. The van der Waals surface area contributed by atoms with Crippen LogP contribution < -0.4 is 10.1 Å². The molecule has 1 aliphatic heterocycles. The maximum absolute atomic E-state index is 12.2. The molecule has 22 heavy (non-hydrogen) atoms. The van der Waals surface area contributed by atoms with Crippen LogP contribution in [0.25, 0.3) is 0 Å². The van der Waals surface area contributed by atoms with Crippen molar-refractivity contribution in [1.82, 2.24) is 10.2 Å². The van der Waals surface area contributed by atoms with Crippen LogP contribution in [0.15, 0.2) is 18.2 Å². The van der Waals surface area contributed by atoms with Gasteiger partial charge in [0.25, 0.3) is 0 Å². The van der Waals surface area contributed by atoms with Crippen molar-refractivity contribution in [2.24, 2.45) is 0 Å². The van der Waals surface area contributed by atoms with Gasteiger partial charge in [0.05, 0.1) is 13.0 Å². The predicted octanol–water partition coefficient (Wildman–Crippen LogP) is 2.70. The molecule has 0 atom stereocenters. The van der Waals surface area contributed by atoms with Crippen LogP contribution in [0.3, 0.4) is 0 Å². The van der Waals surface area contributed by atoms with Crippen LogP contribution in [0.2, 0.25) is 0 Å². The highest BCUT2D eigenvalue weighted by Crippen LogP contribution is 2.20. The molecule has 4 nitrogen and oxygen atoms in total. The molecule has 1 heterocycles. The Bertz CT molecular complexity index is 486. The third kappa shape index (κ3) is 4.89. The maximum Gasteiger partial charge on any atom is 0.225 e. The zero-order valence-electron chi connectivity index (χ0n) is 13.7. The molecular weight excluding hydrogens is 300 g/mol. The lowest BCUT2D eigenvalue weighted by Crippen LogP contribution is -2.44. The number of carbonyl (C=O) groups is 1. The monoisotopic (exact) mass is 326 g/mol. The fraction of sp³-hybridized carbons (Fsp3) is 0.588. The van der Waals surface area contributed by atoms with Crippen molar-refractivity contribution in [1.29, 1.82) is 0 Å². The quantitative estimate of drug-likeness (QED) is 0.904. The van der Waals surface area contributed by atoms with Crippen LogP contribution >= 0.6 is 12.4 Å². The number of nitrogens with one attached hydrogen (secondary N) is 1. The van der Waals surface area contributed by atoms with E-state index in [9.17, 15) is 4.79 Å². The fourth-order valence-electron chi connectivity index (χ4n) is 2.70. The minimum Gasteiger partial charge on any atom is -0.493 e. The predicted molar refractivity (Wildman–Crippen MR) is 91.9 cm³/mol. The average molecular weight is 327 g/mol. The van der Waals surface area contributed by atoms with Gasteiger partial charge in [-0.25, -0.2) is 0 Å². The Kier molecular flexibility index (Phi) is 7.69. The highest BCUT2D eigenvalue weighted by molar-refractivity contribution is 5.85. The molecule has 5 heteroatoms. The van der Waals surface area contributed by atoms with Crippen LogP contribution in [0.1, 0.15) is 30.4 Å². The largest absolute Gasteiger partial charge is 0.493 e. The lowest BCUT2D eigenvalue weighted by Gasteiger charge is -2.31. The Morgan fingerprint density at radius 1 is 1.32 bits per heavy atom. The highest BCUT2D eigenvalue weighted by atomic mass is 35.5. The van der Waals surface area contributed by atoms with Crippen molar-refractivity contribution >= 4 is 18.3 Å². The summed E-state index contributed by atoms with van der Waals surface area (Å²) >= 11 is 0. The molecule has 1 aliphatic rings. The van der Waals surface area contributed by atoms with Gasteiger partial charge in [-0.2, -0.15) is 0 Å². The van der Waals surface area contributed by atoms with E-state index in [1.807, 2.05) is 24.1 Å². The number of ether oxygens (including phenoxy) is 1. The average Bonchev–Trinajstić information content (AvgIpc) is 2.51. The summed E-state index contributed by atoms with van der Waals surface area (Å²) in [6.45, 7) is 6.28. The van der Waals surface area contributed by atoms with E-state index in [4.69, 9.17) is 4.74 Å². The first kappa shape index (κ1) is 18.8. The van der Waals surface area contributed by atoms with Crippen molar-refractivity contribution < 1.29 is 9.53 Å². The van der Waals surface area contributed by atoms with Crippen molar-refractivity contribution in [2.75, 3.05) is 26.7 Å². The summed E-state index contributed by atoms with van der Waals surface area (Å²) in [4.78, 5) is 14.1. The molecule has 0 aliphatic carbocycles. The van der Waals surface area contributed by atoms with E-state index >= 15 is 0 Å². The molecule has 1 amide bonds. The van der Waals surface area contributed by atoms with Crippen molar-refractivity contribution in [3.63, 3.8) is 0 Å². The minimum absolute atomic E-state index is 0. The van der Waals surface area contributed by atoms with Gasteiger partial charge in [0.1, 0.15) is 5.75 Å². The number of amides is 1. The van der Waals surface area contributed by atoms with E-state index in [1.165, 1.54) is 5.56 Å². The molecule has 1 saturated heterocycles. The Labute approximate surface area is 139 Å². The minimum atomic E-state index is 0. The van der Waals surface area contributed by atoms with Crippen LogP contribution in [-0.4, -0.2) is 43.6 Å². The molecule has 0 aromatic heterocycles. The van der Waals surface area contributed by atoms with Gasteiger partial charge in [0.2, 0.25) is 5.91 Å². The van der Waals surface area contributed by atoms with Gasteiger partial charge in [-0.3, -0.25) is 4.79 Å². The molecular formula is C17H27ClN2O2. The molecule has 1 aromatic rings. The number of nitrogens with zero attached hydrogens (tertiary/aromatic N) is 1. The number of rotatable bonds is 5. The molecule has 0 radical (unpaired) electrons. The summed E-state index contributed by atoms with van der Waals surface area (Å²) in [5.41, 5.74) is 2.37. The first-order valence-electron chi connectivity index (χ1n) is 7.76. The first-order chi connectivity index (χ1) is 10.1. The number of carbonyl (C=O) groups excluding carboxylic acids is 1. The summed E-state index contributed by atoms with van der Waals surface area (Å²) < 4.78 is 5.76. The third-order valence-electron chi connectivity index (χ3n) is 4.38. The van der Waals surface area contributed by atoms with Gasteiger partial charge in [0.15, 0.2) is 0 Å². The number of hydrogen-bond acceptors (Lipinski definition) is 3. The Hall–Kier alpha value is -1.26. The Morgan fingerprint density at radius 3 is 2.64 bits per heavy atom. The Morgan fingerprint density at radius 2 is 2.00 bits per heavy atom. The second-order valence-electron chi connectivity index (χ2n) is 5.74. The number of piperidine rings is 1. The van der Waals surface area contributed by atoms with Crippen molar-refractivity contribution in [3.05, 3.63) is 29.3 Å². The lowest BCUT2D eigenvalue weighted by molar-refractivity contribution is -0.132. The van der Waals surface area contributed by atoms with E-state index in [0.29, 0.717) is 19.1 Å². The summed E-state index contributed by atoms with van der Waals surface area (Å²) in [5.74, 6) is 1.09. The number of aryl methyl sites for hydroxylation is 1. The SMILES string of the molecule is CNC1CCN(C(=O)CCOc2cccc(C)c2C)CC1.Cl. The molecule has 124 valence electrons. The van der Waals surface area contributed by atoms with E-state index < -0.39 is 0 Å². The van der Waals surface area contributed by atoms with Crippen molar-refractivity contribution in [2.45, 2.75) is 39.2 Å². The molecule has 1 aromatic carbocycles. The molecule has 2 rings (SSSR count). The molecule has 0 bridgehead atoms. The van der Waals surface area contributed by atoms with Gasteiger partial charge >= 0.3 is 0 Å². The van der Waals surface area contributed by atoms with E-state index in [0.717, 1.165) is 37.2 Å². The topological polar surface area (TPSA) is 41.6 Å². The second-order valence-corrected chi connectivity index (χ2v) is 5.74. The van der Waals surface area contributed by atoms with Gasteiger partial charge in [0, 0.05) is 19.1 Å². The molecule has 0 unspecified atom stereocenters. The number of likely N-dealkylation sites (tertiary alicyclic amines) is 1. The zero-order chi connectivity index (χ0) is 15.2. The molecule has 0 saturated carbocycles. The standard InChI is InChI=1S/C17H26N2O2.ClH/c1-13-5-4-6-16(14(13)2)21-12-9-17(20)19-10-7-15(18-3)8-11-19;/h4-6,15,18H,7-12H2,1-3H3;1H. The normalized spacial score (nSPS) is 15.3. The van der Waals surface area contributed by atoms with Crippen LogP contribution in [0.5, 0.6) is 5.75 Å². The van der Waals surface area contributed by atoms with E-state index in [1.54, 1.807) is 0 Å². The van der Waals surface area contributed by atoms with E-state index in [-0.39, 0.29) is 18.3 Å². The summed E-state index contributed by atoms with van der Waals surface area (Å²) in [6, 6.07) is 6.58. The molecule has 1 fully saturated rings. The Balaban J connectivity index is 0.00000242. The van der Waals surface area contributed by atoms with E-state index in [2.05, 4.69) is 25.2 Å². The van der Waals surface area contributed by atoms with Gasteiger partial charge in [-0.05, 0) is 50.9 Å². The van der Waals surface area contributed by atoms with Crippen LogP contribution in [-0.2, 0) is 4.79 Å². The smallest absolute Gasteiger partial charge is 0.225 e. The molecule has 0 spiro atoms. The highest BCUT2D eigenvalue weighted by Gasteiger charge is 2.21. The zero-order valence-corrected chi connectivity index (χ0v) is 14.5. The lowest BCUT2D eigenvalue weighted by atomic mass is 10.1. The van der Waals surface area contributed by atoms with Crippen LogP contribution in [0.4, 0.5) is 0 Å². The van der Waals surface area contributed by atoms with Crippen molar-refractivity contribution in [3.8, 4) is 5.75 Å². The summed E-state index contributed by atoms with van der Waals surface area (Å²) in [7, 11) is 1.99. The van der Waals surface area contributed by atoms with Gasteiger partial charge in [-0.15, -0.1) is 12.4 Å². The van der Waals surface area contributed by atoms with Gasteiger partial charge < -0.3 is 15.0 Å². The number of halogens is 1. The number of benzene rings is 1.